The van der Waals surface area contributed by atoms with E-state index < -0.39 is 0 Å². The molecule has 0 aliphatic carbocycles. The first-order valence-corrected chi connectivity index (χ1v) is 4.62. The summed E-state index contributed by atoms with van der Waals surface area (Å²) in [5.41, 5.74) is 2.20. The number of alkyl halides is 1. The average molecular weight is 147 g/mol. The van der Waals surface area contributed by atoms with Crippen LogP contribution in [0.1, 0.15) is 13.8 Å². The SMILES string of the molecule is CC(C)=CC[Si]CCl. The third kappa shape index (κ3) is 6.25. The van der Waals surface area contributed by atoms with Gasteiger partial charge in [0.25, 0.3) is 0 Å². The molecule has 0 aliphatic rings. The molecule has 0 heterocycles. The summed E-state index contributed by atoms with van der Waals surface area (Å²) in [5, 5.41) is 0. The lowest BCUT2D eigenvalue weighted by molar-refractivity contribution is 1.36. The molecule has 0 bridgehead atoms. The van der Waals surface area contributed by atoms with Crippen LogP contribution in [0.5, 0.6) is 0 Å². The lowest BCUT2D eigenvalue weighted by Gasteiger charge is -1.86. The van der Waals surface area contributed by atoms with Crippen molar-refractivity contribution in [2.24, 2.45) is 0 Å². The summed E-state index contributed by atoms with van der Waals surface area (Å²) in [5.74, 6) is 0. The van der Waals surface area contributed by atoms with Gasteiger partial charge in [0.1, 0.15) is 0 Å². The van der Waals surface area contributed by atoms with Crippen molar-refractivity contribution in [2.45, 2.75) is 19.9 Å². The quantitative estimate of drug-likeness (QED) is 0.248. The highest BCUT2D eigenvalue weighted by molar-refractivity contribution is 6.50. The summed E-state index contributed by atoms with van der Waals surface area (Å²) in [4.78, 5) is 0. The number of halogens is 1. The predicted molar refractivity (Wildman–Crippen MR) is 40.7 cm³/mol. The van der Waals surface area contributed by atoms with E-state index in [2.05, 4.69) is 19.9 Å². The molecule has 0 unspecified atom stereocenters. The Morgan fingerprint density at radius 2 is 2.25 bits per heavy atom. The van der Waals surface area contributed by atoms with Crippen LogP contribution in [-0.2, 0) is 0 Å². The van der Waals surface area contributed by atoms with Gasteiger partial charge < -0.3 is 0 Å². The molecule has 46 valence electrons. The van der Waals surface area contributed by atoms with Gasteiger partial charge in [-0.25, -0.2) is 0 Å². The molecule has 0 N–H and O–H groups in total. The van der Waals surface area contributed by atoms with Gasteiger partial charge in [0, 0.05) is 5.50 Å². The minimum absolute atomic E-state index is 0.809. The molecule has 0 aromatic carbocycles. The third-order valence-electron chi connectivity index (χ3n) is 0.749. The van der Waals surface area contributed by atoms with Gasteiger partial charge in [-0.2, -0.15) is 0 Å². The fraction of sp³-hybridized carbons (Fsp3) is 0.667. The van der Waals surface area contributed by atoms with Crippen LogP contribution in [0.3, 0.4) is 0 Å². The highest BCUT2D eigenvalue weighted by Gasteiger charge is 1.80. The van der Waals surface area contributed by atoms with Gasteiger partial charge >= 0.3 is 0 Å². The molecule has 2 radical (unpaired) electrons. The van der Waals surface area contributed by atoms with Crippen molar-refractivity contribution in [1.29, 1.82) is 0 Å². The molecule has 0 amide bonds. The van der Waals surface area contributed by atoms with Gasteiger partial charge in [0.2, 0.25) is 0 Å². The van der Waals surface area contributed by atoms with Crippen LogP contribution in [0.25, 0.3) is 0 Å². The second kappa shape index (κ2) is 5.38. The lowest BCUT2D eigenvalue weighted by atomic mass is 10.3. The molecule has 0 fully saturated rings. The molecular formula is C6H11ClSi. The molecule has 0 aromatic rings. The van der Waals surface area contributed by atoms with Crippen molar-refractivity contribution in [3.05, 3.63) is 11.6 Å². The summed E-state index contributed by atoms with van der Waals surface area (Å²) >= 11 is 5.47. The Labute approximate surface area is 58.8 Å². The summed E-state index contributed by atoms with van der Waals surface area (Å²) in [6.45, 7) is 4.22. The Morgan fingerprint density at radius 1 is 1.62 bits per heavy atom. The molecule has 0 saturated heterocycles. The molecule has 0 spiro atoms. The van der Waals surface area contributed by atoms with E-state index in [4.69, 9.17) is 11.6 Å². The Balaban J connectivity index is 3.03. The van der Waals surface area contributed by atoms with Crippen LogP contribution in [-0.4, -0.2) is 15.0 Å². The second-order valence-electron chi connectivity index (χ2n) is 1.87. The monoisotopic (exact) mass is 146 g/mol. The van der Waals surface area contributed by atoms with Crippen molar-refractivity contribution >= 4 is 21.1 Å². The van der Waals surface area contributed by atoms with Gasteiger partial charge in [-0.3, -0.25) is 0 Å². The zero-order valence-corrected chi connectivity index (χ0v) is 7.13. The van der Waals surface area contributed by atoms with Crippen molar-refractivity contribution < 1.29 is 0 Å². The largest absolute Gasteiger partial charge is 0.131 e. The topological polar surface area (TPSA) is 0 Å². The first-order valence-electron chi connectivity index (χ1n) is 2.67. The van der Waals surface area contributed by atoms with E-state index in [0.717, 1.165) is 21.1 Å². The van der Waals surface area contributed by atoms with Gasteiger partial charge in [-0.15, -0.1) is 11.6 Å². The van der Waals surface area contributed by atoms with E-state index in [1.807, 2.05) is 0 Å². The summed E-state index contributed by atoms with van der Waals surface area (Å²) in [6.07, 6.45) is 2.22. The highest BCUT2D eigenvalue weighted by atomic mass is 35.5. The zero-order chi connectivity index (χ0) is 6.41. The molecule has 0 aromatic heterocycles. The molecule has 0 aliphatic heterocycles. The van der Waals surface area contributed by atoms with Gasteiger partial charge in [0.05, 0.1) is 9.52 Å². The van der Waals surface area contributed by atoms with Crippen LogP contribution < -0.4 is 0 Å². The first-order chi connectivity index (χ1) is 3.77. The average Bonchev–Trinajstić information content (AvgIpc) is 1.66. The molecule has 2 heteroatoms. The lowest BCUT2D eigenvalue weighted by Crippen LogP contribution is -1.87. The smallest absolute Gasteiger partial charge is 0.0616 e. The van der Waals surface area contributed by atoms with Crippen molar-refractivity contribution in [3.63, 3.8) is 0 Å². The predicted octanol–water partition coefficient (Wildman–Crippen LogP) is 2.27. The van der Waals surface area contributed by atoms with E-state index in [0.29, 0.717) is 0 Å². The Hall–Kier alpha value is 0.247. The fourth-order valence-electron chi connectivity index (χ4n) is 0.331. The minimum atomic E-state index is 0.809. The number of rotatable bonds is 3. The van der Waals surface area contributed by atoms with Crippen LogP contribution in [0.15, 0.2) is 11.6 Å². The van der Waals surface area contributed by atoms with E-state index in [-0.39, 0.29) is 0 Å². The van der Waals surface area contributed by atoms with Crippen LogP contribution in [0, 0.1) is 0 Å². The minimum Gasteiger partial charge on any atom is -0.131 e. The summed E-state index contributed by atoms with van der Waals surface area (Å²) in [7, 11) is 0.897. The maximum absolute atomic E-state index is 5.47. The van der Waals surface area contributed by atoms with Crippen LogP contribution >= 0.6 is 11.6 Å². The molecule has 8 heavy (non-hydrogen) atoms. The van der Waals surface area contributed by atoms with Gasteiger partial charge in [-0.05, 0) is 19.9 Å². The van der Waals surface area contributed by atoms with E-state index >= 15 is 0 Å². The van der Waals surface area contributed by atoms with E-state index in [9.17, 15) is 0 Å². The van der Waals surface area contributed by atoms with E-state index in [1.54, 1.807) is 0 Å². The Morgan fingerprint density at radius 3 is 2.62 bits per heavy atom. The summed E-state index contributed by atoms with van der Waals surface area (Å²) in [6, 6.07) is 1.16. The third-order valence-corrected chi connectivity index (χ3v) is 2.00. The van der Waals surface area contributed by atoms with Crippen molar-refractivity contribution in [2.75, 3.05) is 5.50 Å². The molecule has 0 nitrogen and oxygen atoms in total. The van der Waals surface area contributed by atoms with Crippen molar-refractivity contribution in [1.82, 2.24) is 0 Å². The number of allylic oxidation sites excluding steroid dienone is 2. The normalized spacial score (nSPS) is 8.88. The highest BCUT2D eigenvalue weighted by Crippen LogP contribution is 1.92. The maximum atomic E-state index is 5.47. The van der Waals surface area contributed by atoms with E-state index in [1.165, 1.54) is 5.57 Å². The first kappa shape index (κ1) is 8.25. The summed E-state index contributed by atoms with van der Waals surface area (Å²) < 4.78 is 0. The fourth-order valence-corrected chi connectivity index (χ4v) is 1.32. The number of hydrogen-bond donors (Lipinski definition) is 0. The second-order valence-corrected chi connectivity index (χ2v) is 3.85. The maximum Gasteiger partial charge on any atom is 0.0616 e. The van der Waals surface area contributed by atoms with Gasteiger partial charge in [-0.1, -0.05) is 11.6 Å². The van der Waals surface area contributed by atoms with Crippen LogP contribution in [0.4, 0.5) is 0 Å². The number of hydrogen-bond acceptors (Lipinski definition) is 0. The standard InChI is InChI=1S/C6H11ClSi/c1-6(2)3-4-8-5-7/h3H,4-5H2,1-2H3. The zero-order valence-electron chi connectivity index (χ0n) is 5.37. The Bertz CT molecular complexity index is 74.6. The molecule has 0 atom stereocenters. The van der Waals surface area contributed by atoms with Crippen LogP contribution in [0.2, 0.25) is 6.04 Å². The van der Waals surface area contributed by atoms with Gasteiger partial charge in [0.15, 0.2) is 0 Å². The molecular weight excluding hydrogens is 136 g/mol. The molecule has 0 rings (SSSR count). The Kier molecular flexibility index (Phi) is 5.55. The molecule has 0 saturated carbocycles. The van der Waals surface area contributed by atoms with Crippen molar-refractivity contribution in [3.8, 4) is 0 Å².